The summed E-state index contributed by atoms with van der Waals surface area (Å²) in [4.78, 5) is 43.4. The third-order valence-electron chi connectivity index (χ3n) is 7.49. The smallest absolute Gasteiger partial charge is 0.325 e. The van der Waals surface area contributed by atoms with Crippen LogP contribution >= 0.6 is 11.3 Å². The van der Waals surface area contributed by atoms with Crippen LogP contribution in [0.25, 0.3) is 0 Å². The molecule has 0 bridgehead atoms. The molecule has 2 fully saturated rings. The fourth-order valence-corrected chi connectivity index (χ4v) is 6.63. The van der Waals surface area contributed by atoms with Crippen LogP contribution in [0, 0.1) is 11.8 Å². The third-order valence-corrected chi connectivity index (χ3v) is 8.45. The second kappa shape index (κ2) is 9.19. The van der Waals surface area contributed by atoms with Crippen molar-refractivity contribution in [1.82, 2.24) is 5.32 Å². The van der Waals surface area contributed by atoms with Crippen molar-refractivity contribution in [1.29, 1.82) is 0 Å². The summed E-state index contributed by atoms with van der Waals surface area (Å²) in [5.74, 6) is -3.88. The number of aryl methyl sites for hydroxylation is 2. The number of hydrogen-bond donors (Lipinski definition) is 3. The lowest BCUT2D eigenvalue weighted by Gasteiger charge is -2.32. The van der Waals surface area contributed by atoms with Crippen molar-refractivity contribution >= 4 is 34.8 Å². The van der Waals surface area contributed by atoms with Crippen LogP contribution in [0.4, 0.5) is 5.69 Å². The molecule has 3 N–H and O–H groups in total. The van der Waals surface area contributed by atoms with E-state index in [2.05, 4.69) is 5.32 Å². The van der Waals surface area contributed by atoms with E-state index in [-0.39, 0.29) is 18.1 Å². The summed E-state index contributed by atoms with van der Waals surface area (Å²) < 4.78 is 0. The first-order valence-electron chi connectivity index (χ1n) is 12.1. The van der Waals surface area contributed by atoms with Crippen molar-refractivity contribution in [3.63, 3.8) is 0 Å². The van der Waals surface area contributed by atoms with Gasteiger partial charge in [-0.1, -0.05) is 50.2 Å². The Morgan fingerprint density at radius 1 is 1.00 bits per heavy atom. The number of aromatic hydroxyl groups is 1. The number of carbonyl (C=O) groups excluding carboxylic acids is 2. The molecule has 2 amide bonds. The predicted octanol–water partition coefficient (Wildman–Crippen LogP) is 4.09. The van der Waals surface area contributed by atoms with E-state index in [4.69, 9.17) is 0 Å². The number of fused-ring (bicyclic) bond motifs is 1. The van der Waals surface area contributed by atoms with Crippen LogP contribution < -0.4 is 10.2 Å². The average Bonchev–Trinajstić information content (AvgIpc) is 3.57. The highest BCUT2D eigenvalue weighted by atomic mass is 32.1. The van der Waals surface area contributed by atoms with Gasteiger partial charge in [-0.15, -0.1) is 11.3 Å². The minimum Gasteiger partial charge on any atom is -0.508 e. The highest BCUT2D eigenvalue weighted by Crippen LogP contribution is 2.52. The van der Waals surface area contributed by atoms with Crippen molar-refractivity contribution < 1.29 is 24.6 Å². The van der Waals surface area contributed by atoms with E-state index in [1.807, 2.05) is 49.6 Å². The van der Waals surface area contributed by atoms with Gasteiger partial charge in [-0.25, -0.2) is 4.90 Å². The molecule has 0 spiro atoms. The Balaban J connectivity index is 1.68. The normalized spacial score (nSPS) is 25.4. The molecule has 186 valence electrons. The standard InChI is InChI=1S/C28H28N2O5S/c1-3-17-7-5-8-18(4-2)24(17)30-25(32)21-22(26(30)33)28(27(34)35,15-16-10-12-19(31)13-11-16)29-23(21)20-9-6-14-36-20/h5-14,21-23,29,31H,3-4,15H2,1-2H3,(H,34,35). The Morgan fingerprint density at radius 3 is 2.22 bits per heavy atom. The molecule has 4 atom stereocenters. The Hall–Kier alpha value is -3.49. The molecule has 4 unspecified atom stereocenters. The second-order valence-electron chi connectivity index (χ2n) is 9.40. The highest BCUT2D eigenvalue weighted by Gasteiger charge is 2.69. The number of anilines is 1. The van der Waals surface area contributed by atoms with E-state index >= 15 is 0 Å². The zero-order valence-corrected chi connectivity index (χ0v) is 20.9. The lowest BCUT2D eigenvalue weighted by atomic mass is 9.76. The minimum absolute atomic E-state index is 0.00538. The van der Waals surface area contributed by atoms with E-state index in [1.165, 1.54) is 28.4 Å². The number of imide groups is 1. The number of carbonyl (C=O) groups is 3. The fraction of sp³-hybridized carbons (Fsp3) is 0.321. The van der Waals surface area contributed by atoms with Gasteiger partial charge in [-0.3, -0.25) is 19.7 Å². The maximum absolute atomic E-state index is 14.2. The predicted molar refractivity (Wildman–Crippen MR) is 137 cm³/mol. The van der Waals surface area contributed by atoms with Crippen LogP contribution in [0.5, 0.6) is 5.75 Å². The number of phenols is 1. The molecule has 2 aromatic carbocycles. The van der Waals surface area contributed by atoms with Gasteiger partial charge in [-0.05, 0) is 53.1 Å². The van der Waals surface area contributed by atoms with Gasteiger partial charge < -0.3 is 10.2 Å². The summed E-state index contributed by atoms with van der Waals surface area (Å²) in [7, 11) is 0. The van der Waals surface area contributed by atoms with E-state index < -0.39 is 35.3 Å². The molecule has 2 aliphatic rings. The molecule has 5 rings (SSSR count). The Morgan fingerprint density at radius 2 is 1.67 bits per heavy atom. The molecule has 2 aliphatic heterocycles. The number of phenolic OH excluding ortho intramolecular Hbond substituents is 1. The SMILES string of the molecule is CCc1cccc(CC)c1N1C(=O)C2C(c3cccs3)NC(Cc3ccc(O)cc3)(C(=O)O)C2C1=O. The van der Waals surface area contributed by atoms with Gasteiger partial charge in [0.2, 0.25) is 11.8 Å². The number of rotatable bonds is 7. The molecular formula is C28H28N2O5S. The number of hydrogen-bond acceptors (Lipinski definition) is 6. The largest absolute Gasteiger partial charge is 0.508 e. The summed E-state index contributed by atoms with van der Waals surface area (Å²) in [5, 5.41) is 25.4. The zero-order chi connectivity index (χ0) is 25.6. The Bertz CT molecular complexity index is 1300. The van der Waals surface area contributed by atoms with Crippen molar-refractivity contribution in [3.8, 4) is 5.75 Å². The van der Waals surface area contributed by atoms with Gasteiger partial charge in [0.1, 0.15) is 11.3 Å². The third kappa shape index (κ3) is 3.63. The minimum atomic E-state index is -1.69. The van der Waals surface area contributed by atoms with Gasteiger partial charge >= 0.3 is 5.97 Å². The monoisotopic (exact) mass is 504 g/mol. The maximum atomic E-state index is 14.2. The van der Waals surface area contributed by atoms with Crippen molar-refractivity contribution in [3.05, 3.63) is 81.5 Å². The number of benzene rings is 2. The number of nitrogens with one attached hydrogen (secondary N) is 1. The Labute approximate surface area is 213 Å². The molecule has 3 heterocycles. The van der Waals surface area contributed by atoms with Crippen LogP contribution in [0.3, 0.4) is 0 Å². The van der Waals surface area contributed by atoms with E-state index in [9.17, 15) is 24.6 Å². The number of aliphatic carboxylic acids is 1. The number of carboxylic acid groups (broad SMARTS) is 1. The van der Waals surface area contributed by atoms with Gasteiger partial charge in [-0.2, -0.15) is 0 Å². The average molecular weight is 505 g/mol. The summed E-state index contributed by atoms with van der Waals surface area (Å²) in [5.41, 5.74) is 1.33. The summed E-state index contributed by atoms with van der Waals surface area (Å²) in [6.07, 6.45) is 1.27. The first kappa shape index (κ1) is 24.2. The summed E-state index contributed by atoms with van der Waals surface area (Å²) >= 11 is 1.43. The zero-order valence-electron chi connectivity index (χ0n) is 20.1. The number of para-hydroxylation sites is 1. The fourth-order valence-electron chi connectivity index (χ4n) is 5.81. The van der Waals surface area contributed by atoms with Gasteiger partial charge in [0.25, 0.3) is 0 Å². The van der Waals surface area contributed by atoms with Crippen LogP contribution in [-0.4, -0.2) is 33.5 Å². The summed E-state index contributed by atoms with van der Waals surface area (Å²) in [6.45, 7) is 3.96. The summed E-state index contributed by atoms with van der Waals surface area (Å²) in [6, 6.07) is 15.2. The van der Waals surface area contributed by atoms with Gasteiger partial charge in [0.15, 0.2) is 0 Å². The van der Waals surface area contributed by atoms with Crippen LogP contribution in [0.1, 0.15) is 41.5 Å². The molecule has 8 heteroatoms. The van der Waals surface area contributed by atoms with Crippen LogP contribution in [0.15, 0.2) is 60.0 Å². The number of carboxylic acids is 1. The van der Waals surface area contributed by atoms with E-state index in [1.54, 1.807) is 12.1 Å². The molecule has 0 aliphatic carbocycles. The topological polar surface area (TPSA) is 107 Å². The molecule has 2 saturated heterocycles. The van der Waals surface area contributed by atoms with E-state index in [0.717, 1.165) is 16.0 Å². The maximum Gasteiger partial charge on any atom is 0.325 e. The Kier molecular flexibility index (Phi) is 6.18. The highest BCUT2D eigenvalue weighted by molar-refractivity contribution is 7.10. The first-order valence-corrected chi connectivity index (χ1v) is 13.0. The molecule has 3 aromatic rings. The van der Waals surface area contributed by atoms with Crippen LogP contribution in [0.2, 0.25) is 0 Å². The molecule has 7 nitrogen and oxygen atoms in total. The molecule has 0 radical (unpaired) electrons. The van der Waals surface area contributed by atoms with Crippen molar-refractivity contribution in [2.24, 2.45) is 11.8 Å². The van der Waals surface area contributed by atoms with Crippen molar-refractivity contribution in [2.75, 3.05) is 4.90 Å². The van der Waals surface area contributed by atoms with Gasteiger partial charge in [0.05, 0.1) is 23.6 Å². The van der Waals surface area contributed by atoms with E-state index in [0.29, 0.717) is 24.1 Å². The lowest BCUT2D eigenvalue weighted by molar-refractivity contribution is -0.148. The number of thiophene rings is 1. The van der Waals surface area contributed by atoms with Gasteiger partial charge in [0, 0.05) is 11.3 Å². The number of nitrogens with zero attached hydrogens (tertiary/aromatic N) is 1. The molecule has 0 saturated carbocycles. The first-order chi connectivity index (χ1) is 17.3. The van der Waals surface area contributed by atoms with Crippen LogP contribution in [-0.2, 0) is 33.6 Å². The quantitative estimate of drug-likeness (QED) is 0.419. The second-order valence-corrected chi connectivity index (χ2v) is 10.4. The molecular weight excluding hydrogens is 476 g/mol. The molecule has 1 aromatic heterocycles. The van der Waals surface area contributed by atoms with Crippen molar-refractivity contribution in [2.45, 2.75) is 44.7 Å². The number of amides is 2. The lowest BCUT2D eigenvalue weighted by Crippen LogP contribution is -2.57. The molecule has 36 heavy (non-hydrogen) atoms.